The molecule has 7 nitrogen and oxygen atoms in total. The lowest BCUT2D eigenvalue weighted by atomic mass is 9.98. The van der Waals surface area contributed by atoms with Crippen LogP contribution in [0.3, 0.4) is 0 Å². The minimum Gasteiger partial charge on any atom is -0.493 e. The van der Waals surface area contributed by atoms with Gasteiger partial charge in [0.2, 0.25) is 5.91 Å². The number of nitrogens with zero attached hydrogens (tertiary/aromatic N) is 1. The van der Waals surface area contributed by atoms with Crippen molar-refractivity contribution in [3.63, 3.8) is 0 Å². The molecule has 0 bridgehead atoms. The third-order valence-corrected chi connectivity index (χ3v) is 6.84. The van der Waals surface area contributed by atoms with E-state index in [-0.39, 0.29) is 23.5 Å². The minimum atomic E-state index is -2.89. The predicted molar refractivity (Wildman–Crippen MR) is 98.3 cm³/mol. The molecule has 2 heterocycles. The van der Waals surface area contributed by atoms with Gasteiger partial charge in [-0.05, 0) is 36.1 Å². The Morgan fingerprint density at radius 2 is 1.92 bits per heavy atom. The van der Waals surface area contributed by atoms with E-state index in [9.17, 15) is 13.2 Å². The zero-order valence-electron chi connectivity index (χ0n) is 15.3. The van der Waals surface area contributed by atoms with E-state index in [1.807, 2.05) is 17.0 Å². The highest BCUT2D eigenvalue weighted by molar-refractivity contribution is 7.91. The summed E-state index contributed by atoms with van der Waals surface area (Å²) in [7, 11) is 0.326. The van der Waals surface area contributed by atoms with Crippen molar-refractivity contribution in [1.29, 1.82) is 0 Å². The van der Waals surface area contributed by atoms with Crippen molar-refractivity contribution in [2.75, 3.05) is 38.8 Å². The Morgan fingerprint density at radius 3 is 2.54 bits per heavy atom. The second-order valence-electron chi connectivity index (χ2n) is 6.85. The van der Waals surface area contributed by atoms with Gasteiger partial charge >= 0.3 is 0 Å². The first kappa shape index (κ1) is 19.0. The van der Waals surface area contributed by atoms with Crippen molar-refractivity contribution in [3.8, 4) is 11.5 Å². The van der Waals surface area contributed by atoms with Crippen LogP contribution in [0.15, 0.2) is 12.1 Å². The van der Waals surface area contributed by atoms with E-state index in [1.165, 1.54) is 5.56 Å². The fraction of sp³-hybridized carbons (Fsp3) is 0.611. The quantitative estimate of drug-likeness (QED) is 0.782. The largest absolute Gasteiger partial charge is 0.493 e. The zero-order valence-corrected chi connectivity index (χ0v) is 16.1. The summed E-state index contributed by atoms with van der Waals surface area (Å²) in [6.07, 6.45) is 1.80. The van der Waals surface area contributed by atoms with E-state index < -0.39 is 9.84 Å². The standard InChI is InChI=1S/C18H26N2O5S/c1-24-16-9-13-4-7-20(11-14(13)10-17(16)25-2)18(21)3-6-19-15-5-8-26(22,23)12-15/h9-10,15,19H,3-8,11-12H2,1-2H3. The highest BCUT2D eigenvalue weighted by Crippen LogP contribution is 2.33. The molecule has 1 N–H and O–H groups in total. The Hall–Kier alpha value is -1.80. The van der Waals surface area contributed by atoms with E-state index in [4.69, 9.17) is 9.47 Å². The number of rotatable bonds is 6. The molecule has 1 amide bonds. The minimum absolute atomic E-state index is 0.0217. The summed E-state index contributed by atoms with van der Waals surface area (Å²) in [5, 5.41) is 3.20. The van der Waals surface area contributed by atoms with Gasteiger partial charge in [-0.1, -0.05) is 0 Å². The van der Waals surface area contributed by atoms with Crippen LogP contribution in [-0.4, -0.2) is 64.1 Å². The SMILES string of the molecule is COc1cc2c(cc1OC)CN(C(=O)CCNC1CCS(=O)(=O)C1)CC2. The Bertz CT molecular complexity index is 778. The number of carbonyl (C=O) groups is 1. The summed E-state index contributed by atoms with van der Waals surface area (Å²) < 4.78 is 33.6. The molecule has 1 aromatic carbocycles. The maximum Gasteiger partial charge on any atom is 0.224 e. The number of amides is 1. The average Bonchev–Trinajstić information content (AvgIpc) is 2.98. The lowest BCUT2D eigenvalue weighted by Gasteiger charge is -2.30. The summed E-state index contributed by atoms with van der Waals surface area (Å²) in [5.74, 6) is 1.89. The molecule has 0 saturated carbocycles. The van der Waals surface area contributed by atoms with Gasteiger partial charge in [0.05, 0.1) is 25.7 Å². The van der Waals surface area contributed by atoms with Gasteiger partial charge in [-0.2, -0.15) is 0 Å². The third kappa shape index (κ3) is 4.29. The maximum absolute atomic E-state index is 12.5. The normalized spacial score (nSPS) is 21.3. The van der Waals surface area contributed by atoms with Crippen molar-refractivity contribution < 1.29 is 22.7 Å². The van der Waals surface area contributed by atoms with Crippen LogP contribution in [0.2, 0.25) is 0 Å². The summed E-state index contributed by atoms with van der Waals surface area (Å²) in [6.45, 7) is 1.75. The van der Waals surface area contributed by atoms with Crippen LogP contribution < -0.4 is 14.8 Å². The zero-order chi connectivity index (χ0) is 18.7. The van der Waals surface area contributed by atoms with Crippen molar-refractivity contribution in [1.82, 2.24) is 10.2 Å². The number of fused-ring (bicyclic) bond motifs is 1. The first-order valence-corrected chi connectivity index (χ1v) is 10.7. The number of ether oxygens (including phenoxy) is 2. The number of carbonyl (C=O) groups excluding carboxylic acids is 1. The van der Waals surface area contributed by atoms with Gasteiger partial charge in [0.15, 0.2) is 21.3 Å². The second-order valence-corrected chi connectivity index (χ2v) is 9.07. The summed E-state index contributed by atoms with van der Waals surface area (Å²) in [6, 6.07) is 3.90. The number of hydrogen-bond donors (Lipinski definition) is 1. The van der Waals surface area contributed by atoms with Gasteiger partial charge in [0.1, 0.15) is 0 Å². The van der Waals surface area contributed by atoms with Crippen LogP contribution in [0.25, 0.3) is 0 Å². The van der Waals surface area contributed by atoms with E-state index in [1.54, 1.807) is 14.2 Å². The fourth-order valence-electron chi connectivity index (χ4n) is 3.59. The smallest absolute Gasteiger partial charge is 0.224 e. The summed E-state index contributed by atoms with van der Waals surface area (Å²) >= 11 is 0. The Labute approximate surface area is 154 Å². The van der Waals surface area contributed by atoms with Crippen LogP contribution in [0.5, 0.6) is 11.5 Å². The molecule has 3 rings (SSSR count). The van der Waals surface area contributed by atoms with Gasteiger partial charge in [0.25, 0.3) is 0 Å². The van der Waals surface area contributed by atoms with Crippen LogP contribution in [-0.2, 0) is 27.6 Å². The lowest BCUT2D eigenvalue weighted by Crippen LogP contribution is -2.39. The van der Waals surface area contributed by atoms with Gasteiger partial charge < -0.3 is 19.7 Å². The monoisotopic (exact) mass is 382 g/mol. The maximum atomic E-state index is 12.5. The van der Waals surface area contributed by atoms with E-state index in [0.29, 0.717) is 44.0 Å². The lowest BCUT2D eigenvalue weighted by molar-refractivity contribution is -0.132. The molecule has 1 saturated heterocycles. The fourth-order valence-corrected chi connectivity index (χ4v) is 5.30. The van der Waals surface area contributed by atoms with Crippen molar-refractivity contribution in [3.05, 3.63) is 23.3 Å². The highest BCUT2D eigenvalue weighted by Gasteiger charge is 2.28. The molecule has 1 fully saturated rings. The van der Waals surface area contributed by atoms with E-state index >= 15 is 0 Å². The molecule has 8 heteroatoms. The van der Waals surface area contributed by atoms with Crippen molar-refractivity contribution in [2.24, 2.45) is 0 Å². The molecular formula is C18H26N2O5S. The molecule has 1 atom stereocenters. The molecule has 2 aliphatic heterocycles. The topological polar surface area (TPSA) is 84.9 Å². The Kier molecular flexibility index (Phi) is 5.72. The Balaban J connectivity index is 1.54. The molecule has 0 radical (unpaired) electrons. The molecule has 1 unspecified atom stereocenters. The summed E-state index contributed by atoms with van der Waals surface area (Å²) in [5.41, 5.74) is 2.26. The predicted octanol–water partition coefficient (Wildman–Crippen LogP) is 0.755. The van der Waals surface area contributed by atoms with Gasteiger partial charge in [-0.3, -0.25) is 4.79 Å². The van der Waals surface area contributed by atoms with Crippen LogP contribution >= 0.6 is 0 Å². The second kappa shape index (κ2) is 7.84. The number of sulfone groups is 1. The average molecular weight is 382 g/mol. The van der Waals surface area contributed by atoms with Gasteiger partial charge in [0, 0.05) is 32.1 Å². The molecule has 0 spiro atoms. The summed E-state index contributed by atoms with van der Waals surface area (Å²) in [4.78, 5) is 14.3. The first-order chi connectivity index (χ1) is 12.4. The molecular weight excluding hydrogens is 356 g/mol. The van der Waals surface area contributed by atoms with E-state index in [2.05, 4.69) is 5.32 Å². The number of methoxy groups -OCH3 is 2. The molecule has 144 valence electrons. The third-order valence-electron chi connectivity index (χ3n) is 5.08. The van der Waals surface area contributed by atoms with Crippen LogP contribution in [0.1, 0.15) is 24.0 Å². The molecule has 0 aromatic heterocycles. The molecule has 0 aliphatic carbocycles. The Morgan fingerprint density at radius 1 is 1.23 bits per heavy atom. The molecule has 2 aliphatic rings. The number of nitrogens with one attached hydrogen (secondary N) is 1. The van der Waals surface area contributed by atoms with Crippen molar-refractivity contribution >= 4 is 15.7 Å². The first-order valence-electron chi connectivity index (χ1n) is 8.87. The van der Waals surface area contributed by atoms with E-state index in [0.717, 1.165) is 12.0 Å². The van der Waals surface area contributed by atoms with Crippen molar-refractivity contribution in [2.45, 2.75) is 31.8 Å². The number of benzene rings is 1. The van der Waals surface area contributed by atoms with Crippen LogP contribution in [0.4, 0.5) is 0 Å². The van der Waals surface area contributed by atoms with Gasteiger partial charge in [-0.15, -0.1) is 0 Å². The highest BCUT2D eigenvalue weighted by atomic mass is 32.2. The van der Waals surface area contributed by atoms with Gasteiger partial charge in [-0.25, -0.2) is 8.42 Å². The number of hydrogen-bond acceptors (Lipinski definition) is 6. The molecule has 26 heavy (non-hydrogen) atoms. The van der Waals surface area contributed by atoms with Crippen LogP contribution in [0, 0.1) is 0 Å². The molecule has 1 aromatic rings.